The molecule has 2 heterocycles. The average molecular weight is 269 g/mol. The van der Waals surface area contributed by atoms with Gasteiger partial charge in [-0.15, -0.1) is 0 Å². The van der Waals surface area contributed by atoms with Gasteiger partial charge >= 0.3 is 5.82 Å². The van der Waals surface area contributed by atoms with Crippen molar-refractivity contribution in [1.82, 2.24) is 10.3 Å². The van der Waals surface area contributed by atoms with Crippen LogP contribution in [0, 0.1) is 13.8 Å². The van der Waals surface area contributed by atoms with Gasteiger partial charge < -0.3 is 22.2 Å². The quantitative estimate of drug-likeness (QED) is 0.610. The molecule has 7 heteroatoms. The third-order valence-electron chi connectivity index (χ3n) is 1.91. The molecule has 18 heavy (non-hydrogen) atoms. The number of nitrogens with one attached hydrogen (secondary N) is 2. The van der Waals surface area contributed by atoms with E-state index in [0.717, 1.165) is 11.5 Å². The fourth-order valence-electron chi connectivity index (χ4n) is 1.18. The van der Waals surface area contributed by atoms with Gasteiger partial charge in [0, 0.05) is 12.3 Å². The van der Waals surface area contributed by atoms with Crippen molar-refractivity contribution in [3.8, 4) is 0 Å². The lowest BCUT2D eigenvalue weighted by molar-refractivity contribution is -0.353. The molecule has 0 aromatic carbocycles. The molecule has 0 atom stereocenters. The summed E-state index contributed by atoms with van der Waals surface area (Å²) in [7, 11) is 0. The van der Waals surface area contributed by atoms with Crippen LogP contribution in [-0.2, 0) is 0 Å². The monoisotopic (exact) mass is 268 g/mol. The number of hydrogen-bond acceptors (Lipinski definition) is 5. The smallest absolute Gasteiger partial charge is 0.371 e. The summed E-state index contributed by atoms with van der Waals surface area (Å²) in [6.07, 6.45) is 5.25. The SMILES string of the molecule is Cc1cc(N/C=C/C=[NH+]c2cc(C)on2)no1.[Cl-]. The molecule has 0 amide bonds. The first-order valence-electron chi connectivity index (χ1n) is 5.12. The van der Waals surface area contributed by atoms with E-state index in [1.54, 1.807) is 30.6 Å². The number of halogens is 1. The predicted molar refractivity (Wildman–Crippen MR) is 61.9 cm³/mol. The van der Waals surface area contributed by atoms with E-state index >= 15 is 0 Å². The second-order valence-electron chi connectivity index (χ2n) is 3.46. The molecule has 0 aliphatic carbocycles. The minimum Gasteiger partial charge on any atom is -1.00 e. The van der Waals surface area contributed by atoms with Crippen LogP contribution in [0.2, 0.25) is 0 Å². The van der Waals surface area contributed by atoms with E-state index in [0.29, 0.717) is 11.6 Å². The standard InChI is InChI=1S/C11H12N4O2.ClH/c1-8-6-10(14-16-8)12-4-3-5-13-11-7-9(2)17-15-11;/h3-7H,1-2H3,(H,12,14);1H/b4-3+,13-5?;. The van der Waals surface area contributed by atoms with Crippen molar-refractivity contribution in [2.45, 2.75) is 13.8 Å². The number of nitrogens with zero attached hydrogens (tertiary/aromatic N) is 2. The summed E-state index contributed by atoms with van der Waals surface area (Å²) >= 11 is 0. The molecular weight excluding hydrogens is 256 g/mol. The Kier molecular flexibility index (Phi) is 5.13. The molecule has 2 aromatic heterocycles. The molecule has 0 radical (unpaired) electrons. The van der Waals surface area contributed by atoms with Crippen molar-refractivity contribution in [1.29, 1.82) is 0 Å². The molecular formula is C11H13ClN4O2. The Balaban J connectivity index is 0.00000162. The Hall–Kier alpha value is -2.08. The van der Waals surface area contributed by atoms with Crippen LogP contribution in [0.1, 0.15) is 11.5 Å². The van der Waals surface area contributed by atoms with Crippen LogP contribution in [0.3, 0.4) is 0 Å². The molecule has 0 aliphatic heterocycles. The highest BCUT2D eigenvalue weighted by molar-refractivity contribution is 5.66. The average Bonchev–Trinajstić information content (AvgIpc) is 2.88. The molecule has 0 fully saturated rings. The molecule has 0 saturated heterocycles. The first kappa shape index (κ1) is 14.0. The Morgan fingerprint density at radius 2 is 1.89 bits per heavy atom. The van der Waals surface area contributed by atoms with Gasteiger partial charge in [0.2, 0.25) is 0 Å². The number of anilines is 1. The van der Waals surface area contributed by atoms with Crippen molar-refractivity contribution in [2.24, 2.45) is 0 Å². The van der Waals surface area contributed by atoms with Crippen LogP contribution < -0.4 is 22.7 Å². The van der Waals surface area contributed by atoms with Gasteiger partial charge in [0.15, 0.2) is 16.7 Å². The summed E-state index contributed by atoms with van der Waals surface area (Å²) in [6, 6.07) is 3.61. The fourth-order valence-corrected chi connectivity index (χ4v) is 1.18. The van der Waals surface area contributed by atoms with Crippen LogP contribution in [0.4, 0.5) is 11.6 Å². The van der Waals surface area contributed by atoms with Crippen molar-refractivity contribution < 1.29 is 26.4 Å². The topological polar surface area (TPSA) is 78.1 Å². The fraction of sp³-hybridized carbons (Fsp3) is 0.182. The maximum Gasteiger partial charge on any atom is 0.371 e. The van der Waals surface area contributed by atoms with E-state index < -0.39 is 0 Å². The van der Waals surface area contributed by atoms with Gasteiger partial charge in [-0.25, -0.2) is 4.99 Å². The maximum atomic E-state index is 4.90. The van der Waals surface area contributed by atoms with Crippen molar-refractivity contribution >= 4 is 17.9 Å². The van der Waals surface area contributed by atoms with E-state index in [2.05, 4.69) is 20.6 Å². The van der Waals surface area contributed by atoms with Crippen molar-refractivity contribution in [3.05, 3.63) is 35.9 Å². The summed E-state index contributed by atoms with van der Waals surface area (Å²) in [5, 5.41) is 10.5. The first-order chi connectivity index (χ1) is 8.24. The highest BCUT2D eigenvalue weighted by Crippen LogP contribution is 2.06. The molecule has 0 bridgehead atoms. The van der Waals surface area contributed by atoms with Gasteiger partial charge in [0.25, 0.3) is 0 Å². The molecule has 2 N–H and O–H groups in total. The lowest BCUT2D eigenvalue weighted by atomic mass is 10.5. The van der Waals surface area contributed by atoms with Gasteiger partial charge in [-0.1, -0.05) is 5.16 Å². The molecule has 2 rings (SSSR count). The summed E-state index contributed by atoms with van der Waals surface area (Å²) < 4.78 is 9.80. The van der Waals surface area contributed by atoms with Gasteiger partial charge in [-0.2, -0.15) is 0 Å². The Labute approximate surface area is 110 Å². The minimum atomic E-state index is 0. The Bertz CT molecular complexity index is 545. The number of rotatable bonds is 4. The molecule has 0 spiro atoms. The van der Waals surface area contributed by atoms with Crippen LogP contribution in [0.25, 0.3) is 0 Å². The lowest BCUT2D eigenvalue weighted by Gasteiger charge is -1.87. The van der Waals surface area contributed by atoms with Crippen LogP contribution >= 0.6 is 0 Å². The predicted octanol–water partition coefficient (Wildman–Crippen LogP) is -2.31. The second-order valence-corrected chi connectivity index (χ2v) is 3.46. The van der Waals surface area contributed by atoms with Crippen LogP contribution in [-0.4, -0.2) is 16.5 Å². The lowest BCUT2D eigenvalue weighted by Crippen LogP contribution is -3.00. The number of allylic oxidation sites excluding steroid dienone is 1. The normalized spacial score (nSPS) is 11.0. The molecule has 6 nitrogen and oxygen atoms in total. The number of aromatic nitrogens is 2. The van der Waals surface area contributed by atoms with E-state index in [1.165, 1.54) is 0 Å². The summed E-state index contributed by atoms with van der Waals surface area (Å²) in [5.41, 5.74) is 0. The summed E-state index contributed by atoms with van der Waals surface area (Å²) in [5.74, 6) is 2.87. The van der Waals surface area contributed by atoms with Gasteiger partial charge in [0.1, 0.15) is 5.76 Å². The largest absolute Gasteiger partial charge is 1.00 e. The van der Waals surface area contributed by atoms with E-state index in [-0.39, 0.29) is 12.4 Å². The van der Waals surface area contributed by atoms with Gasteiger partial charge in [0.05, 0.1) is 12.3 Å². The third-order valence-corrected chi connectivity index (χ3v) is 1.91. The molecule has 2 aromatic rings. The van der Waals surface area contributed by atoms with Gasteiger partial charge in [-0.3, -0.25) is 4.52 Å². The summed E-state index contributed by atoms with van der Waals surface area (Å²) in [4.78, 5) is 2.96. The number of aryl methyl sites for hydroxylation is 2. The maximum absolute atomic E-state index is 4.90. The van der Waals surface area contributed by atoms with Crippen molar-refractivity contribution in [3.63, 3.8) is 0 Å². The molecule has 0 unspecified atom stereocenters. The zero-order chi connectivity index (χ0) is 12.1. The highest BCUT2D eigenvalue weighted by Gasteiger charge is 2.03. The van der Waals surface area contributed by atoms with Crippen LogP contribution in [0.5, 0.6) is 0 Å². The van der Waals surface area contributed by atoms with Crippen LogP contribution in [0.15, 0.2) is 33.5 Å². The molecule has 0 aliphatic rings. The van der Waals surface area contributed by atoms with Gasteiger partial charge in [-0.05, 0) is 19.9 Å². The Morgan fingerprint density at radius 1 is 1.17 bits per heavy atom. The second kappa shape index (κ2) is 6.61. The zero-order valence-electron chi connectivity index (χ0n) is 9.98. The Morgan fingerprint density at radius 3 is 2.50 bits per heavy atom. The van der Waals surface area contributed by atoms with E-state index in [1.807, 2.05) is 13.8 Å². The third kappa shape index (κ3) is 4.06. The molecule has 96 valence electrons. The highest BCUT2D eigenvalue weighted by atomic mass is 35.5. The zero-order valence-corrected chi connectivity index (χ0v) is 10.7. The number of hydrogen-bond donors (Lipinski definition) is 2. The van der Waals surface area contributed by atoms with E-state index in [9.17, 15) is 0 Å². The first-order valence-corrected chi connectivity index (χ1v) is 5.12. The minimum absolute atomic E-state index is 0. The van der Waals surface area contributed by atoms with Crippen molar-refractivity contribution in [2.75, 3.05) is 5.32 Å². The van der Waals surface area contributed by atoms with E-state index in [4.69, 9.17) is 9.05 Å². The summed E-state index contributed by atoms with van der Waals surface area (Å²) in [6.45, 7) is 3.67. The molecule has 0 saturated carbocycles.